The van der Waals surface area contributed by atoms with Crippen LogP contribution in [0.15, 0.2) is 79.1 Å². The van der Waals surface area contributed by atoms with Gasteiger partial charge in [0.1, 0.15) is 11.3 Å². The molecule has 204 valence electrons. The Morgan fingerprint density at radius 2 is 1.70 bits per heavy atom. The number of ether oxygens (including phenoxy) is 1. The standard InChI is InChI=1S/C30H26F3N5O2/c1-19(39)22-4-3-5-23(16-22)27-36-28(34-15-14-20-8-12-25(40-2)13-9-20)26-29(37-27)38(18-35-26)17-21-6-10-24(11-7-21)30(31,32)33/h3-13,16,18H,14-15,17H2,1-2H3,(H,34,36,37). The molecule has 40 heavy (non-hydrogen) atoms. The first-order valence-corrected chi connectivity index (χ1v) is 12.6. The van der Waals surface area contributed by atoms with Gasteiger partial charge < -0.3 is 14.6 Å². The molecular formula is C30H26F3N5O2. The second-order valence-electron chi connectivity index (χ2n) is 9.30. The largest absolute Gasteiger partial charge is 0.497 e. The van der Waals surface area contributed by atoms with E-state index in [2.05, 4.69) is 10.3 Å². The maximum Gasteiger partial charge on any atom is 0.416 e. The van der Waals surface area contributed by atoms with Gasteiger partial charge in [-0.2, -0.15) is 13.2 Å². The third kappa shape index (κ3) is 5.96. The first-order chi connectivity index (χ1) is 19.2. The van der Waals surface area contributed by atoms with Gasteiger partial charge in [-0.25, -0.2) is 15.0 Å². The molecule has 0 amide bonds. The van der Waals surface area contributed by atoms with Gasteiger partial charge in [0, 0.05) is 17.7 Å². The number of benzene rings is 3. The van der Waals surface area contributed by atoms with Crippen LogP contribution in [-0.2, 0) is 19.1 Å². The maximum absolute atomic E-state index is 13.0. The number of aromatic nitrogens is 4. The second-order valence-corrected chi connectivity index (χ2v) is 9.30. The number of hydrogen-bond acceptors (Lipinski definition) is 6. The highest BCUT2D eigenvalue weighted by molar-refractivity contribution is 5.95. The van der Waals surface area contributed by atoms with Crippen LogP contribution in [0.4, 0.5) is 19.0 Å². The third-order valence-corrected chi connectivity index (χ3v) is 6.49. The minimum atomic E-state index is -4.40. The van der Waals surface area contributed by atoms with Gasteiger partial charge in [0.2, 0.25) is 0 Å². The number of ketones is 1. The average molecular weight is 546 g/mol. The minimum Gasteiger partial charge on any atom is -0.497 e. The molecule has 0 spiro atoms. The number of rotatable bonds is 9. The summed E-state index contributed by atoms with van der Waals surface area (Å²) >= 11 is 0. The zero-order chi connectivity index (χ0) is 28.3. The summed E-state index contributed by atoms with van der Waals surface area (Å²) in [4.78, 5) is 26.0. The fourth-order valence-corrected chi connectivity index (χ4v) is 4.30. The lowest BCUT2D eigenvalue weighted by molar-refractivity contribution is -0.137. The minimum absolute atomic E-state index is 0.0758. The van der Waals surface area contributed by atoms with Crippen molar-refractivity contribution in [2.24, 2.45) is 0 Å². The molecule has 3 aromatic carbocycles. The number of alkyl halides is 3. The van der Waals surface area contributed by atoms with E-state index in [0.29, 0.717) is 46.0 Å². The van der Waals surface area contributed by atoms with Crippen LogP contribution >= 0.6 is 0 Å². The van der Waals surface area contributed by atoms with Gasteiger partial charge in [-0.05, 0) is 54.8 Å². The molecule has 0 bridgehead atoms. The molecule has 0 atom stereocenters. The molecule has 5 aromatic rings. The van der Waals surface area contributed by atoms with Crippen LogP contribution in [0.3, 0.4) is 0 Å². The van der Waals surface area contributed by atoms with E-state index in [1.807, 2.05) is 30.3 Å². The lowest BCUT2D eigenvalue weighted by Crippen LogP contribution is -2.09. The molecule has 2 heterocycles. The van der Waals surface area contributed by atoms with Crippen molar-refractivity contribution in [1.29, 1.82) is 0 Å². The fraction of sp³-hybridized carbons (Fsp3) is 0.200. The Balaban J connectivity index is 1.48. The van der Waals surface area contributed by atoms with Crippen molar-refractivity contribution in [3.8, 4) is 17.1 Å². The van der Waals surface area contributed by atoms with E-state index in [1.54, 1.807) is 36.2 Å². The van der Waals surface area contributed by atoms with E-state index < -0.39 is 11.7 Å². The van der Waals surface area contributed by atoms with Crippen molar-refractivity contribution >= 4 is 22.8 Å². The molecule has 7 nitrogen and oxygen atoms in total. The molecule has 0 aliphatic rings. The Labute approximate surface area is 228 Å². The van der Waals surface area contributed by atoms with Gasteiger partial charge >= 0.3 is 6.18 Å². The third-order valence-electron chi connectivity index (χ3n) is 6.49. The summed E-state index contributed by atoms with van der Waals surface area (Å²) < 4.78 is 46.0. The number of Topliss-reactive ketones (excluding diaryl/α,β-unsaturated/α-hetero) is 1. The summed E-state index contributed by atoms with van der Waals surface area (Å²) in [5, 5.41) is 3.36. The van der Waals surface area contributed by atoms with Gasteiger partial charge in [-0.1, -0.05) is 42.5 Å². The smallest absolute Gasteiger partial charge is 0.416 e. The lowest BCUT2D eigenvalue weighted by Gasteiger charge is -2.11. The average Bonchev–Trinajstić information content (AvgIpc) is 3.36. The van der Waals surface area contributed by atoms with Crippen molar-refractivity contribution in [1.82, 2.24) is 19.5 Å². The number of imidazole rings is 1. The van der Waals surface area contributed by atoms with E-state index in [1.165, 1.54) is 19.1 Å². The molecule has 0 aliphatic heterocycles. The number of nitrogens with one attached hydrogen (secondary N) is 1. The van der Waals surface area contributed by atoms with Crippen molar-refractivity contribution in [2.75, 3.05) is 19.0 Å². The van der Waals surface area contributed by atoms with E-state index in [9.17, 15) is 18.0 Å². The van der Waals surface area contributed by atoms with E-state index in [0.717, 1.165) is 29.9 Å². The summed E-state index contributed by atoms with van der Waals surface area (Å²) in [5.74, 6) is 1.63. The molecule has 5 rings (SSSR count). The topological polar surface area (TPSA) is 81.9 Å². The van der Waals surface area contributed by atoms with Crippen LogP contribution in [0.25, 0.3) is 22.6 Å². The fourth-order valence-electron chi connectivity index (χ4n) is 4.30. The molecule has 0 radical (unpaired) electrons. The molecule has 1 N–H and O–H groups in total. The first kappa shape index (κ1) is 26.9. The highest BCUT2D eigenvalue weighted by atomic mass is 19.4. The number of carbonyl (C=O) groups excluding carboxylic acids is 1. The molecule has 0 fully saturated rings. The van der Waals surface area contributed by atoms with Gasteiger partial charge in [-0.3, -0.25) is 4.79 Å². The number of carbonyl (C=O) groups is 1. The zero-order valence-electron chi connectivity index (χ0n) is 21.9. The molecule has 2 aromatic heterocycles. The highest BCUT2D eigenvalue weighted by Gasteiger charge is 2.30. The van der Waals surface area contributed by atoms with Crippen molar-refractivity contribution in [3.63, 3.8) is 0 Å². The quantitative estimate of drug-likeness (QED) is 0.215. The van der Waals surface area contributed by atoms with Crippen molar-refractivity contribution < 1.29 is 22.7 Å². The Bertz CT molecular complexity index is 1650. The summed E-state index contributed by atoms with van der Waals surface area (Å²) in [6.07, 6.45) is -2.08. The zero-order valence-corrected chi connectivity index (χ0v) is 21.9. The molecule has 0 saturated carbocycles. The van der Waals surface area contributed by atoms with Gasteiger partial charge in [0.05, 0.1) is 25.5 Å². The number of anilines is 1. The molecule has 0 saturated heterocycles. The van der Waals surface area contributed by atoms with Gasteiger partial charge in [0.15, 0.2) is 23.1 Å². The van der Waals surface area contributed by atoms with Crippen molar-refractivity contribution in [2.45, 2.75) is 26.1 Å². The summed E-state index contributed by atoms with van der Waals surface area (Å²) in [6.45, 7) is 2.33. The number of nitrogens with zero attached hydrogens (tertiary/aromatic N) is 4. The summed E-state index contributed by atoms with van der Waals surface area (Å²) in [6, 6.07) is 19.9. The van der Waals surface area contributed by atoms with Crippen LogP contribution in [0, 0.1) is 0 Å². The first-order valence-electron chi connectivity index (χ1n) is 12.6. The lowest BCUT2D eigenvalue weighted by atomic mass is 10.1. The molecule has 10 heteroatoms. The SMILES string of the molecule is COc1ccc(CCNc2nc(-c3cccc(C(C)=O)c3)nc3c2ncn3Cc2ccc(C(F)(F)F)cc2)cc1. The summed E-state index contributed by atoms with van der Waals surface area (Å²) in [5.41, 5.74) is 3.33. The number of halogens is 3. The predicted octanol–water partition coefficient (Wildman–Crippen LogP) is 6.43. The Hall–Kier alpha value is -4.73. The monoisotopic (exact) mass is 545 g/mol. The normalized spacial score (nSPS) is 11.5. The van der Waals surface area contributed by atoms with E-state index in [4.69, 9.17) is 14.7 Å². The Kier molecular flexibility index (Phi) is 7.50. The number of hydrogen-bond donors (Lipinski definition) is 1. The molecule has 0 aliphatic carbocycles. The van der Waals surface area contributed by atoms with Gasteiger partial charge in [0.25, 0.3) is 0 Å². The molecular weight excluding hydrogens is 519 g/mol. The molecule has 0 unspecified atom stereocenters. The summed E-state index contributed by atoms with van der Waals surface area (Å²) in [7, 11) is 1.62. The van der Waals surface area contributed by atoms with E-state index >= 15 is 0 Å². The highest BCUT2D eigenvalue weighted by Crippen LogP contribution is 2.30. The van der Waals surface area contributed by atoms with Crippen LogP contribution in [0.2, 0.25) is 0 Å². The Morgan fingerprint density at radius 1 is 0.975 bits per heavy atom. The van der Waals surface area contributed by atoms with Crippen LogP contribution in [0.5, 0.6) is 5.75 Å². The number of methoxy groups -OCH3 is 1. The Morgan fingerprint density at radius 3 is 2.38 bits per heavy atom. The number of fused-ring (bicyclic) bond motifs is 1. The van der Waals surface area contributed by atoms with Crippen LogP contribution < -0.4 is 10.1 Å². The second kappa shape index (κ2) is 11.2. The predicted molar refractivity (Wildman–Crippen MR) is 146 cm³/mol. The van der Waals surface area contributed by atoms with Crippen LogP contribution in [-0.4, -0.2) is 39.0 Å². The van der Waals surface area contributed by atoms with E-state index in [-0.39, 0.29) is 12.3 Å². The maximum atomic E-state index is 13.0. The van der Waals surface area contributed by atoms with Crippen molar-refractivity contribution in [3.05, 3.63) is 101 Å². The van der Waals surface area contributed by atoms with Crippen LogP contribution in [0.1, 0.15) is 34.0 Å². The van der Waals surface area contributed by atoms with Gasteiger partial charge in [-0.15, -0.1) is 0 Å².